The van der Waals surface area contributed by atoms with Crippen molar-refractivity contribution in [2.75, 3.05) is 25.0 Å². The summed E-state index contributed by atoms with van der Waals surface area (Å²) in [7, 11) is 0. The first kappa shape index (κ1) is 13.0. The average molecular weight is 252 g/mol. The number of rotatable bonds is 5. The van der Waals surface area contributed by atoms with Gasteiger partial charge in [-0.05, 0) is 37.1 Å². The second kappa shape index (κ2) is 6.47. The number of hydrogen-bond acceptors (Lipinski definition) is 3. The maximum Gasteiger partial charge on any atom is 0.238 e. The standard InChI is InChI=1S/C13H17FN2O2/c14-10-3-5-11(6-4-10)16-13(17)9-15-8-12-2-1-7-18-12/h3-6,12,15H,1-2,7-9H2,(H,16,17)/t12-/m1/s1. The van der Waals surface area contributed by atoms with E-state index in [0.29, 0.717) is 12.2 Å². The van der Waals surface area contributed by atoms with Gasteiger partial charge in [0.15, 0.2) is 0 Å². The predicted octanol–water partition coefficient (Wildman–Crippen LogP) is 1.53. The molecule has 0 saturated carbocycles. The van der Waals surface area contributed by atoms with Crippen LogP contribution in [0.2, 0.25) is 0 Å². The van der Waals surface area contributed by atoms with Gasteiger partial charge in [0.25, 0.3) is 0 Å². The van der Waals surface area contributed by atoms with Gasteiger partial charge in [-0.3, -0.25) is 4.79 Å². The van der Waals surface area contributed by atoms with E-state index >= 15 is 0 Å². The normalized spacial score (nSPS) is 18.8. The van der Waals surface area contributed by atoms with Gasteiger partial charge in [0.05, 0.1) is 12.6 Å². The zero-order valence-electron chi connectivity index (χ0n) is 10.1. The lowest BCUT2D eigenvalue weighted by Gasteiger charge is -2.10. The summed E-state index contributed by atoms with van der Waals surface area (Å²) >= 11 is 0. The van der Waals surface area contributed by atoms with Crippen molar-refractivity contribution in [3.05, 3.63) is 30.1 Å². The fraction of sp³-hybridized carbons (Fsp3) is 0.462. The van der Waals surface area contributed by atoms with Crippen molar-refractivity contribution in [3.8, 4) is 0 Å². The zero-order valence-corrected chi connectivity index (χ0v) is 10.1. The van der Waals surface area contributed by atoms with Crippen LogP contribution in [0.5, 0.6) is 0 Å². The third-order valence-corrected chi connectivity index (χ3v) is 2.81. The topological polar surface area (TPSA) is 50.4 Å². The second-order valence-corrected chi connectivity index (χ2v) is 4.32. The SMILES string of the molecule is O=C(CNC[C@H]1CCCO1)Nc1ccc(F)cc1. The van der Waals surface area contributed by atoms with Gasteiger partial charge in [-0.1, -0.05) is 0 Å². The van der Waals surface area contributed by atoms with Crippen molar-refractivity contribution in [1.29, 1.82) is 0 Å². The number of halogens is 1. The molecule has 1 fully saturated rings. The molecule has 5 heteroatoms. The molecule has 1 aromatic rings. The highest BCUT2D eigenvalue weighted by atomic mass is 19.1. The van der Waals surface area contributed by atoms with Gasteiger partial charge in [0.2, 0.25) is 5.91 Å². The van der Waals surface area contributed by atoms with E-state index in [1.807, 2.05) is 0 Å². The van der Waals surface area contributed by atoms with Crippen LogP contribution < -0.4 is 10.6 Å². The Hall–Kier alpha value is -1.46. The van der Waals surface area contributed by atoms with Crippen LogP contribution in [-0.2, 0) is 9.53 Å². The Bertz CT molecular complexity index is 388. The quantitative estimate of drug-likeness (QED) is 0.835. The summed E-state index contributed by atoms with van der Waals surface area (Å²) < 4.78 is 18.1. The largest absolute Gasteiger partial charge is 0.377 e. The van der Waals surface area contributed by atoms with Crippen LogP contribution in [-0.4, -0.2) is 31.7 Å². The van der Waals surface area contributed by atoms with E-state index in [9.17, 15) is 9.18 Å². The first-order valence-corrected chi connectivity index (χ1v) is 6.12. The van der Waals surface area contributed by atoms with E-state index in [0.717, 1.165) is 19.4 Å². The summed E-state index contributed by atoms with van der Waals surface area (Å²) in [6.07, 6.45) is 2.37. The van der Waals surface area contributed by atoms with Crippen molar-refractivity contribution in [1.82, 2.24) is 5.32 Å². The van der Waals surface area contributed by atoms with Crippen molar-refractivity contribution in [2.45, 2.75) is 18.9 Å². The molecule has 18 heavy (non-hydrogen) atoms. The molecule has 0 aromatic heterocycles. The molecule has 1 aliphatic heterocycles. The van der Waals surface area contributed by atoms with Gasteiger partial charge in [-0.15, -0.1) is 0 Å². The average Bonchev–Trinajstić information content (AvgIpc) is 2.85. The Labute approximate surface area is 106 Å². The van der Waals surface area contributed by atoms with Crippen molar-refractivity contribution in [3.63, 3.8) is 0 Å². The predicted molar refractivity (Wildman–Crippen MR) is 66.9 cm³/mol. The molecule has 98 valence electrons. The van der Waals surface area contributed by atoms with Gasteiger partial charge >= 0.3 is 0 Å². The van der Waals surface area contributed by atoms with Crippen LogP contribution in [0.15, 0.2) is 24.3 Å². The van der Waals surface area contributed by atoms with E-state index in [1.54, 1.807) is 0 Å². The molecule has 1 aromatic carbocycles. The fourth-order valence-corrected chi connectivity index (χ4v) is 1.89. The number of carbonyl (C=O) groups is 1. The Morgan fingerprint density at radius 3 is 2.83 bits per heavy atom. The molecule has 0 spiro atoms. The third kappa shape index (κ3) is 4.09. The number of benzene rings is 1. The molecule has 4 nitrogen and oxygen atoms in total. The van der Waals surface area contributed by atoms with Crippen molar-refractivity contribution in [2.24, 2.45) is 0 Å². The Kier molecular flexibility index (Phi) is 4.66. The number of nitrogens with one attached hydrogen (secondary N) is 2. The van der Waals surface area contributed by atoms with Crippen LogP contribution in [0.3, 0.4) is 0 Å². The molecule has 1 saturated heterocycles. The molecule has 0 bridgehead atoms. The van der Waals surface area contributed by atoms with E-state index in [4.69, 9.17) is 4.74 Å². The molecular weight excluding hydrogens is 235 g/mol. The molecule has 1 amide bonds. The van der Waals surface area contributed by atoms with Crippen molar-refractivity contribution >= 4 is 11.6 Å². The lowest BCUT2D eigenvalue weighted by molar-refractivity contribution is -0.115. The van der Waals surface area contributed by atoms with E-state index in [2.05, 4.69) is 10.6 Å². The van der Waals surface area contributed by atoms with E-state index in [1.165, 1.54) is 24.3 Å². The first-order chi connectivity index (χ1) is 8.74. The van der Waals surface area contributed by atoms with E-state index in [-0.39, 0.29) is 24.4 Å². The third-order valence-electron chi connectivity index (χ3n) is 2.81. The zero-order chi connectivity index (χ0) is 12.8. The number of hydrogen-bond donors (Lipinski definition) is 2. The van der Waals surface area contributed by atoms with Crippen LogP contribution in [0.4, 0.5) is 10.1 Å². The molecule has 1 aliphatic rings. The minimum absolute atomic E-state index is 0.139. The maximum atomic E-state index is 12.7. The van der Waals surface area contributed by atoms with Crippen LogP contribution in [0.25, 0.3) is 0 Å². The monoisotopic (exact) mass is 252 g/mol. The molecule has 2 rings (SSSR count). The van der Waals surface area contributed by atoms with Crippen LogP contribution in [0.1, 0.15) is 12.8 Å². The Morgan fingerprint density at radius 1 is 1.39 bits per heavy atom. The Morgan fingerprint density at radius 2 is 2.17 bits per heavy atom. The maximum absolute atomic E-state index is 12.7. The molecule has 0 radical (unpaired) electrons. The number of amides is 1. The molecule has 0 aliphatic carbocycles. The van der Waals surface area contributed by atoms with E-state index < -0.39 is 0 Å². The van der Waals surface area contributed by atoms with Gasteiger partial charge in [-0.2, -0.15) is 0 Å². The number of anilines is 1. The highest BCUT2D eigenvalue weighted by Gasteiger charge is 2.14. The molecular formula is C13H17FN2O2. The highest BCUT2D eigenvalue weighted by molar-refractivity contribution is 5.92. The molecule has 2 N–H and O–H groups in total. The number of carbonyl (C=O) groups excluding carboxylic acids is 1. The summed E-state index contributed by atoms with van der Waals surface area (Å²) in [5, 5.41) is 5.73. The molecule has 1 atom stereocenters. The summed E-state index contributed by atoms with van der Waals surface area (Å²) in [5.74, 6) is -0.455. The first-order valence-electron chi connectivity index (χ1n) is 6.12. The summed E-state index contributed by atoms with van der Waals surface area (Å²) in [6, 6.07) is 5.70. The van der Waals surface area contributed by atoms with Crippen molar-refractivity contribution < 1.29 is 13.9 Å². The second-order valence-electron chi connectivity index (χ2n) is 4.32. The lowest BCUT2D eigenvalue weighted by atomic mass is 10.2. The summed E-state index contributed by atoms with van der Waals surface area (Å²) in [4.78, 5) is 11.6. The summed E-state index contributed by atoms with van der Waals surface area (Å²) in [5.41, 5.74) is 0.598. The van der Waals surface area contributed by atoms with Gasteiger partial charge in [-0.25, -0.2) is 4.39 Å². The summed E-state index contributed by atoms with van der Waals surface area (Å²) in [6.45, 7) is 1.74. The van der Waals surface area contributed by atoms with Crippen LogP contribution in [0, 0.1) is 5.82 Å². The highest BCUT2D eigenvalue weighted by Crippen LogP contribution is 2.10. The number of ether oxygens (including phenoxy) is 1. The van der Waals surface area contributed by atoms with Gasteiger partial charge in [0.1, 0.15) is 5.82 Å². The molecule has 1 heterocycles. The van der Waals surface area contributed by atoms with Crippen LogP contribution >= 0.6 is 0 Å². The smallest absolute Gasteiger partial charge is 0.238 e. The van der Waals surface area contributed by atoms with Gasteiger partial charge < -0.3 is 15.4 Å². The minimum Gasteiger partial charge on any atom is -0.377 e. The fourth-order valence-electron chi connectivity index (χ4n) is 1.89. The lowest BCUT2D eigenvalue weighted by Crippen LogP contribution is -2.33. The minimum atomic E-state index is -0.315. The molecule has 0 unspecified atom stereocenters. The Balaban J connectivity index is 1.66. The van der Waals surface area contributed by atoms with Gasteiger partial charge in [0, 0.05) is 18.8 Å².